The molecule has 18 heavy (non-hydrogen) atoms. The fourth-order valence-electron chi connectivity index (χ4n) is 2.57. The number of para-hydroxylation sites is 1. The van der Waals surface area contributed by atoms with E-state index in [9.17, 15) is 0 Å². The highest BCUT2D eigenvalue weighted by Gasteiger charge is 2.34. The van der Waals surface area contributed by atoms with E-state index in [2.05, 4.69) is 32.0 Å². The Bertz CT molecular complexity index is 634. The van der Waals surface area contributed by atoms with Crippen molar-refractivity contribution in [2.24, 2.45) is 0 Å². The molecule has 2 aromatic rings. The van der Waals surface area contributed by atoms with Crippen molar-refractivity contribution in [2.75, 3.05) is 0 Å². The molecule has 0 aromatic heterocycles. The summed E-state index contributed by atoms with van der Waals surface area (Å²) >= 11 is 6.19. The number of benzene rings is 2. The Kier molecular flexibility index (Phi) is 2.46. The fourth-order valence-corrected chi connectivity index (χ4v) is 2.73. The van der Waals surface area contributed by atoms with Gasteiger partial charge in [-0.25, -0.2) is 0 Å². The van der Waals surface area contributed by atoms with Gasteiger partial charge < -0.3 is 4.74 Å². The highest BCUT2D eigenvalue weighted by atomic mass is 35.5. The van der Waals surface area contributed by atoms with Gasteiger partial charge in [0.25, 0.3) is 0 Å². The lowest BCUT2D eigenvalue weighted by molar-refractivity contribution is 0.418. The van der Waals surface area contributed by atoms with Gasteiger partial charge >= 0.3 is 0 Å². The van der Waals surface area contributed by atoms with E-state index < -0.39 is 0 Å². The molecule has 1 aliphatic rings. The van der Waals surface area contributed by atoms with E-state index in [1.54, 1.807) is 0 Å². The molecule has 2 aromatic carbocycles. The molecule has 0 unspecified atom stereocenters. The van der Waals surface area contributed by atoms with Crippen LogP contribution in [-0.4, -0.2) is 7.85 Å². The van der Waals surface area contributed by atoms with Gasteiger partial charge in [-0.3, -0.25) is 0 Å². The van der Waals surface area contributed by atoms with Gasteiger partial charge in [-0.05, 0) is 12.1 Å². The number of hydrogen-bond acceptors (Lipinski definition) is 1. The molecule has 0 saturated heterocycles. The molecule has 3 rings (SSSR count). The highest BCUT2D eigenvalue weighted by molar-refractivity contribution is 6.45. The van der Waals surface area contributed by atoms with E-state index in [0.29, 0.717) is 0 Å². The second kappa shape index (κ2) is 3.79. The molecule has 1 heterocycles. The average molecular weight is 257 g/mol. The minimum Gasteiger partial charge on any atom is -0.457 e. The number of fused-ring (bicyclic) bond motifs is 2. The monoisotopic (exact) mass is 256 g/mol. The van der Waals surface area contributed by atoms with Crippen LogP contribution in [0.2, 0.25) is 5.02 Å². The van der Waals surface area contributed by atoms with E-state index in [4.69, 9.17) is 16.3 Å². The summed E-state index contributed by atoms with van der Waals surface area (Å²) in [6, 6.07) is 12.2. The van der Waals surface area contributed by atoms with Crippen LogP contribution < -0.4 is 10.2 Å². The molecule has 90 valence electrons. The Hall–Kier alpha value is -1.41. The lowest BCUT2D eigenvalue weighted by Crippen LogP contribution is -2.26. The molecule has 0 saturated carbocycles. The maximum atomic E-state index is 6.19. The quantitative estimate of drug-likeness (QED) is 0.659. The molecule has 0 fully saturated rings. The minimum absolute atomic E-state index is 0.0560. The molecular weight excluding hydrogens is 242 g/mol. The molecule has 0 radical (unpaired) electrons. The van der Waals surface area contributed by atoms with Crippen LogP contribution in [-0.2, 0) is 5.41 Å². The normalized spacial score (nSPS) is 15.5. The summed E-state index contributed by atoms with van der Waals surface area (Å²) in [5.74, 6) is 1.80. The van der Waals surface area contributed by atoms with Crippen molar-refractivity contribution in [2.45, 2.75) is 19.3 Å². The predicted octanol–water partition coefficient (Wildman–Crippen LogP) is 3.03. The van der Waals surface area contributed by atoms with Crippen molar-refractivity contribution in [1.29, 1.82) is 0 Å². The average Bonchev–Trinajstić information content (AvgIpc) is 2.33. The smallest absolute Gasteiger partial charge is 0.141 e. The summed E-state index contributed by atoms with van der Waals surface area (Å²) < 4.78 is 5.96. The zero-order chi connectivity index (χ0) is 12.9. The van der Waals surface area contributed by atoms with E-state index in [-0.39, 0.29) is 5.41 Å². The molecule has 0 amide bonds. The van der Waals surface area contributed by atoms with E-state index in [1.165, 1.54) is 11.1 Å². The van der Waals surface area contributed by atoms with E-state index in [1.807, 2.05) is 26.0 Å². The van der Waals surface area contributed by atoms with Gasteiger partial charge in [0, 0.05) is 21.6 Å². The van der Waals surface area contributed by atoms with Crippen molar-refractivity contribution in [1.82, 2.24) is 0 Å². The number of ether oxygens (including phenoxy) is 1. The van der Waals surface area contributed by atoms with Crippen molar-refractivity contribution < 1.29 is 4.74 Å². The zero-order valence-corrected chi connectivity index (χ0v) is 11.5. The molecule has 0 N–H and O–H groups in total. The Balaban J connectivity index is 2.28. The molecular formula is C15H14BClO. The van der Waals surface area contributed by atoms with Gasteiger partial charge in [0.1, 0.15) is 19.3 Å². The number of halogens is 1. The maximum Gasteiger partial charge on any atom is 0.141 e. The predicted molar refractivity (Wildman–Crippen MR) is 78.3 cm³/mol. The van der Waals surface area contributed by atoms with Crippen LogP contribution in [0.5, 0.6) is 11.5 Å². The lowest BCUT2D eigenvalue weighted by Gasteiger charge is -2.34. The topological polar surface area (TPSA) is 9.23 Å². The second-order valence-electron chi connectivity index (χ2n) is 5.32. The zero-order valence-electron chi connectivity index (χ0n) is 10.8. The molecule has 0 atom stereocenters. The molecule has 1 aliphatic heterocycles. The molecule has 1 nitrogen and oxygen atoms in total. The Morgan fingerprint density at radius 1 is 1.06 bits per heavy atom. The van der Waals surface area contributed by atoms with Crippen LogP contribution in [0, 0.1) is 0 Å². The SMILES string of the molecule is Bc1cc2c(cc1Cl)Oc1ccccc1C2(C)C. The first kappa shape index (κ1) is 11.7. The van der Waals surface area contributed by atoms with Gasteiger partial charge in [-0.1, -0.05) is 55.2 Å². The molecule has 0 aliphatic carbocycles. The third-order valence-corrected chi connectivity index (χ3v) is 4.12. The first-order valence-electron chi connectivity index (χ1n) is 6.08. The first-order valence-corrected chi connectivity index (χ1v) is 6.46. The molecule has 0 bridgehead atoms. The van der Waals surface area contributed by atoms with E-state index >= 15 is 0 Å². The molecule has 0 spiro atoms. The Labute approximate surface area is 113 Å². The summed E-state index contributed by atoms with van der Waals surface area (Å²) in [7, 11) is 2.03. The fraction of sp³-hybridized carbons (Fsp3) is 0.200. The lowest BCUT2D eigenvalue weighted by atomic mass is 9.74. The van der Waals surface area contributed by atoms with Crippen LogP contribution in [0.25, 0.3) is 0 Å². The summed E-state index contributed by atoms with van der Waals surface area (Å²) in [4.78, 5) is 0. The summed E-state index contributed by atoms with van der Waals surface area (Å²) in [6.45, 7) is 4.45. The van der Waals surface area contributed by atoms with Crippen LogP contribution in [0.15, 0.2) is 36.4 Å². The van der Waals surface area contributed by atoms with Crippen LogP contribution >= 0.6 is 11.6 Å². The standard InChI is InChI=1S/C15H14BClO/c1-15(2)9-5-3-4-6-13(9)18-14-8-12(17)11(16)7-10(14)15/h3-8H,16H2,1-2H3. The largest absolute Gasteiger partial charge is 0.457 e. The van der Waals surface area contributed by atoms with Crippen molar-refractivity contribution >= 4 is 24.9 Å². The van der Waals surface area contributed by atoms with Crippen LogP contribution in [0.1, 0.15) is 25.0 Å². The van der Waals surface area contributed by atoms with Crippen molar-refractivity contribution in [3.8, 4) is 11.5 Å². The van der Waals surface area contributed by atoms with Gasteiger partial charge in [-0.15, -0.1) is 0 Å². The summed E-state index contributed by atoms with van der Waals surface area (Å²) in [5.41, 5.74) is 3.45. The Morgan fingerprint density at radius 3 is 2.56 bits per heavy atom. The number of rotatable bonds is 0. The molecule has 3 heteroatoms. The highest BCUT2D eigenvalue weighted by Crippen LogP contribution is 2.47. The summed E-state index contributed by atoms with van der Waals surface area (Å²) in [5, 5.41) is 0.754. The number of hydrogen-bond donors (Lipinski definition) is 0. The summed E-state index contributed by atoms with van der Waals surface area (Å²) in [6.07, 6.45) is 0. The minimum atomic E-state index is -0.0560. The van der Waals surface area contributed by atoms with Gasteiger partial charge in [0.2, 0.25) is 0 Å². The van der Waals surface area contributed by atoms with Crippen LogP contribution in [0.3, 0.4) is 0 Å². The van der Waals surface area contributed by atoms with Crippen molar-refractivity contribution in [3.05, 3.63) is 52.5 Å². The maximum absolute atomic E-state index is 6.19. The Morgan fingerprint density at radius 2 is 1.78 bits per heavy atom. The van der Waals surface area contributed by atoms with Gasteiger partial charge in [0.15, 0.2) is 0 Å². The van der Waals surface area contributed by atoms with Gasteiger partial charge in [0.05, 0.1) is 0 Å². The van der Waals surface area contributed by atoms with Crippen molar-refractivity contribution in [3.63, 3.8) is 0 Å². The van der Waals surface area contributed by atoms with E-state index in [0.717, 1.165) is 22.0 Å². The first-order chi connectivity index (χ1) is 8.50. The third-order valence-electron chi connectivity index (χ3n) is 3.71. The van der Waals surface area contributed by atoms with Gasteiger partial charge in [-0.2, -0.15) is 0 Å². The van der Waals surface area contributed by atoms with Crippen LogP contribution in [0.4, 0.5) is 0 Å². The third kappa shape index (κ3) is 1.56. The second-order valence-corrected chi connectivity index (χ2v) is 5.73.